The number of hydrogen-bond donors (Lipinski definition) is 1. The molecule has 1 atom stereocenters. The fourth-order valence-corrected chi connectivity index (χ4v) is 5.06. The molecule has 1 N–H and O–H groups in total. The van der Waals surface area contributed by atoms with Gasteiger partial charge in [-0.1, -0.05) is 6.07 Å². The molecule has 0 saturated carbocycles. The van der Waals surface area contributed by atoms with E-state index in [2.05, 4.69) is 5.32 Å². The van der Waals surface area contributed by atoms with Crippen molar-refractivity contribution < 1.29 is 22.7 Å². The number of carbonyl (C=O) groups is 1. The summed E-state index contributed by atoms with van der Waals surface area (Å²) in [5, 5.41) is 3.26. The van der Waals surface area contributed by atoms with Crippen molar-refractivity contribution >= 4 is 15.9 Å². The van der Waals surface area contributed by atoms with Gasteiger partial charge < -0.3 is 19.7 Å². The first-order valence-electron chi connectivity index (χ1n) is 9.18. The van der Waals surface area contributed by atoms with Gasteiger partial charge in [0.1, 0.15) is 10.6 Å². The Hall–Kier alpha value is -1.68. The number of carbonyl (C=O) groups excluding carboxylic acids is 1. The van der Waals surface area contributed by atoms with Gasteiger partial charge in [0.15, 0.2) is 0 Å². The molecule has 3 rings (SSSR count). The molecule has 0 aromatic heterocycles. The summed E-state index contributed by atoms with van der Waals surface area (Å²) < 4.78 is 38.0. The highest BCUT2D eigenvalue weighted by Crippen LogP contribution is 2.28. The lowest BCUT2D eigenvalue weighted by Gasteiger charge is -2.34. The number of nitrogens with one attached hydrogen (secondary N) is 1. The lowest BCUT2D eigenvalue weighted by atomic mass is 10.1. The van der Waals surface area contributed by atoms with Crippen LogP contribution in [0, 0.1) is 0 Å². The highest BCUT2D eigenvalue weighted by molar-refractivity contribution is 7.89. The van der Waals surface area contributed by atoms with Gasteiger partial charge in [-0.05, 0) is 24.6 Å². The second-order valence-electron chi connectivity index (χ2n) is 6.82. The van der Waals surface area contributed by atoms with E-state index in [9.17, 15) is 13.2 Å². The number of benzene rings is 1. The van der Waals surface area contributed by atoms with E-state index >= 15 is 0 Å². The fourth-order valence-electron chi connectivity index (χ4n) is 3.45. The molecule has 2 saturated heterocycles. The first kappa shape index (κ1) is 20.1. The normalized spacial score (nSPS) is 21.9. The molecule has 0 radical (unpaired) electrons. The van der Waals surface area contributed by atoms with Gasteiger partial charge in [-0.2, -0.15) is 4.31 Å². The molecule has 1 aromatic carbocycles. The Bertz CT molecular complexity index is 777. The summed E-state index contributed by atoms with van der Waals surface area (Å²) in [5.41, 5.74) is 0.665. The summed E-state index contributed by atoms with van der Waals surface area (Å²) in [7, 11) is -2.26. The average molecular weight is 397 g/mol. The van der Waals surface area contributed by atoms with E-state index in [4.69, 9.17) is 9.47 Å². The summed E-state index contributed by atoms with van der Waals surface area (Å²) in [5.74, 6) is 0.289. The summed E-state index contributed by atoms with van der Waals surface area (Å²) in [4.78, 5) is 14.6. The van der Waals surface area contributed by atoms with Crippen molar-refractivity contribution in [2.45, 2.75) is 24.3 Å². The summed E-state index contributed by atoms with van der Waals surface area (Å²) >= 11 is 0. The van der Waals surface area contributed by atoms with Gasteiger partial charge in [0.25, 0.3) is 0 Å². The van der Waals surface area contributed by atoms with E-state index in [1.165, 1.54) is 11.4 Å². The number of ether oxygens (including phenoxy) is 2. The van der Waals surface area contributed by atoms with Gasteiger partial charge in [-0.25, -0.2) is 8.42 Å². The molecule has 2 aliphatic heterocycles. The molecule has 2 aliphatic rings. The van der Waals surface area contributed by atoms with Crippen LogP contribution in [0.3, 0.4) is 0 Å². The molecule has 1 amide bonds. The molecule has 8 nitrogen and oxygen atoms in total. The smallest absolute Gasteiger partial charge is 0.246 e. The van der Waals surface area contributed by atoms with Crippen LogP contribution in [0.4, 0.5) is 0 Å². The largest absolute Gasteiger partial charge is 0.495 e. The van der Waals surface area contributed by atoms with Crippen LogP contribution in [-0.4, -0.2) is 82.6 Å². The number of piperazine rings is 1. The van der Waals surface area contributed by atoms with Gasteiger partial charge in [-0.3, -0.25) is 4.79 Å². The molecule has 2 heterocycles. The Morgan fingerprint density at radius 2 is 2.04 bits per heavy atom. The van der Waals surface area contributed by atoms with Crippen molar-refractivity contribution in [2.24, 2.45) is 0 Å². The average Bonchev–Trinajstić information content (AvgIpc) is 2.69. The Kier molecular flexibility index (Phi) is 6.36. The van der Waals surface area contributed by atoms with Crippen LogP contribution >= 0.6 is 0 Å². The lowest BCUT2D eigenvalue weighted by molar-refractivity contribution is -0.133. The zero-order chi connectivity index (χ0) is 19.4. The maximum absolute atomic E-state index is 13.0. The number of sulfonamides is 1. The van der Waals surface area contributed by atoms with E-state index in [-0.39, 0.29) is 29.0 Å². The quantitative estimate of drug-likeness (QED) is 0.757. The van der Waals surface area contributed by atoms with E-state index in [0.717, 1.165) is 13.1 Å². The first-order chi connectivity index (χ1) is 12.9. The summed E-state index contributed by atoms with van der Waals surface area (Å²) in [6.07, 6.45) is 0.167. The van der Waals surface area contributed by atoms with Crippen molar-refractivity contribution in [1.82, 2.24) is 14.5 Å². The van der Waals surface area contributed by atoms with E-state index in [0.29, 0.717) is 38.4 Å². The summed E-state index contributed by atoms with van der Waals surface area (Å²) in [6.45, 7) is 5.59. The maximum atomic E-state index is 13.0. The highest BCUT2D eigenvalue weighted by Gasteiger charge is 2.30. The minimum atomic E-state index is -3.71. The van der Waals surface area contributed by atoms with Gasteiger partial charge >= 0.3 is 0 Å². The second-order valence-corrected chi connectivity index (χ2v) is 8.73. The van der Waals surface area contributed by atoms with Crippen molar-refractivity contribution in [2.75, 3.05) is 53.0 Å². The Balaban J connectivity index is 1.84. The molecule has 9 heteroatoms. The third-order valence-corrected chi connectivity index (χ3v) is 6.91. The first-order valence-corrected chi connectivity index (χ1v) is 10.6. The third kappa shape index (κ3) is 4.43. The topological polar surface area (TPSA) is 88.2 Å². The second kappa shape index (κ2) is 8.55. The molecule has 0 aliphatic carbocycles. The molecule has 150 valence electrons. The van der Waals surface area contributed by atoms with E-state index in [1.807, 2.05) is 11.8 Å². The van der Waals surface area contributed by atoms with Gasteiger partial charge in [0.05, 0.1) is 26.7 Å². The van der Waals surface area contributed by atoms with Crippen LogP contribution < -0.4 is 10.1 Å². The van der Waals surface area contributed by atoms with Crippen LogP contribution in [0.5, 0.6) is 5.75 Å². The van der Waals surface area contributed by atoms with Gasteiger partial charge in [0, 0.05) is 38.8 Å². The number of rotatable bonds is 5. The molecular weight excluding hydrogens is 370 g/mol. The molecule has 0 spiro atoms. The van der Waals surface area contributed by atoms with E-state index < -0.39 is 10.0 Å². The standard InChI is InChI=1S/C18H27N3O5S/c1-14-13-19-5-6-21(14)18(22)12-15-3-4-16(25-2)17(11-15)27(23,24)20-7-9-26-10-8-20/h3-4,11,14,19H,5-10,12-13H2,1-2H3. The number of methoxy groups -OCH3 is 1. The van der Waals surface area contributed by atoms with E-state index in [1.54, 1.807) is 18.2 Å². The molecule has 27 heavy (non-hydrogen) atoms. The van der Waals surface area contributed by atoms with Gasteiger partial charge in [-0.15, -0.1) is 0 Å². The monoisotopic (exact) mass is 397 g/mol. The minimum Gasteiger partial charge on any atom is -0.495 e. The van der Waals surface area contributed by atoms with Crippen molar-refractivity contribution in [3.05, 3.63) is 23.8 Å². The fraction of sp³-hybridized carbons (Fsp3) is 0.611. The van der Waals surface area contributed by atoms with Crippen LogP contribution in [0.1, 0.15) is 12.5 Å². The van der Waals surface area contributed by atoms with Crippen molar-refractivity contribution in [3.8, 4) is 5.75 Å². The Morgan fingerprint density at radius 1 is 1.30 bits per heavy atom. The van der Waals surface area contributed by atoms with Crippen molar-refractivity contribution in [1.29, 1.82) is 0 Å². The Labute approximate surface area is 160 Å². The number of hydrogen-bond acceptors (Lipinski definition) is 6. The lowest BCUT2D eigenvalue weighted by Crippen LogP contribution is -2.52. The highest BCUT2D eigenvalue weighted by atomic mass is 32.2. The number of nitrogens with zero attached hydrogens (tertiary/aromatic N) is 2. The predicted molar refractivity (Wildman–Crippen MR) is 100 cm³/mol. The van der Waals surface area contributed by atoms with Crippen LogP contribution in [0.25, 0.3) is 0 Å². The zero-order valence-electron chi connectivity index (χ0n) is 15.8. The maximum Gasteiger partial charge on any atom is 0.246 e. The minimum absolute atomic E-state index is 0.00360. The van der Waals surface area contributed by atoms with Crippen LogP contribution in [0.15, 0.2) is 23.1 Å². The summed E-state index contributed by atoms with van der Waals surface area (Å²) in [6, 6.07) is 5.06. The molecule has 0 bridgehead atoms. The molecule has 2 fully saturated rings. The van der Waals surface area contributed by atoms with Gasteiger partial charge in [0.2, 0.25) is 15.9 Å². The number of amides is 1. The SMILES string of the molecule is COc1ccc(CC(=O)N2CCNCC2C)cc1S(=O)(=O)N1CCOCC1. The number of morpholine rings is 1. The molecule has 1 unspecified atom stereocenters. The van der Waals surface area contributed by atoms with Crippen LogP contribution in [0.2, 0.25) is 0 Å². The third-order valence-electron chi connectivity index (χ3n) is 4.99. The molecule has 1 aromatic rings. The predicted octanol–water partition coefficient (Wildman–Crippen LogP) is 0.0789. The zero-order valence-corrected chi connectivity index (χ0v) is 16.6. The van der Waals surface area contributed by atoms with Crippen LogP contribution in [-0.2, 0) is 26.0 Å². The van der Waals surface area contributed by atoms with Crippen molar-refractivity contribution in [3.63, 3.8) is 0 Å². The molecular formula is C18H27N3O5S. The Morgan fingerprint density at radius 3 is 2.70 bits per heavy atom.